The van der Waals surface area contributed by atoms with Crippen molar-refractivity contribution in [2.24, 2.45) is 7.05 Å². The van der Waals surface area contributed by atoms with E-state index in [4.69, 9.17) is 0 Å². The summed E-state index contributed by atoms with van der Waals surface area (Å²) in [6.07, 6.45) is 6.46. The van der Waals surface area contributed by atoms with Crippen molar-refractivity contribution in [2.45, 2.75) is 12.8 Å². The molecule has 70 valence electrons. The fraction of sp³-hybridized carbons (Fsp3) is 0.444. The predicted octanol–water partition coefficient (Wildman–Crippen LogP) is 0.0117. The van der Waals surface area contributed by atoms with Crippen molar-refractivity contribution in [3.05, 3.63) is 24.3 Å². The van der Waals surface area contributed by atoms with Gasteiger partial charge in [0, 0.05) is 6.42 Å². The molecule has 0 amide bonds. The fourth-order valence-corrected chi connectivity index (χ4v) is 1.01. The highest BCUT2D eigenvalue weighted by Crippen LogP contribution is 1.96. The molecule has 13 heavy (non-hydrogen) atoms. The van der Waals surface area contributed by atoms with Crippen LogP contribution in [0.3, 0.4) is 0 Å². The van der Waals surface area contributed by atoms with Gasteiger partial charge in [0.25, 0.3) is 0 Å². The third-order valence-corrected chi connectivity index (χ3v) is 1.71. The second-order valence-electron chi connectivity index (χ2n) is 2.79. The minimum atomic E-state index is -0.201. The Labute approximate surface area is 77.2 Å². The van der Waals surface area contributed by atoms with Crippen molar-refractivity contribution in [3.63, 3.8) is 0 Å². The van der Waals surface area contributed by atoms with Crippen molar-refractivity contribution in [3.8, 4) is 0 Å². The Hall–Kier alpha value is -1.45. The van der Waals surface area contributed by atoms with Crippen molar-refractivity contribution in [1.82, 2.24) is 4.98 Å². The molecule has 1 heterocycles. The first-order valence-corrected chi connectivity index (χ1v) is 4.09. The number of esters is 1. The first-order chi connectivity index (χ1) is 6.22. The summed E-state index contributed by atoms with van der Waals surface area (Å²) in [5.41, 5.74) is 0.899. The van der Waals surface area contributed by atoms with Crippen LogP contribution in [0.2, 0.25) is 0 Å². The van der Waals surface area contributed by atoms with E-state index in [0.29, 0.717) is 12.8 Å². The predicted molar refractivity (Wildman–Crippen MR) is 45.8 cm³/mol. The number of carbonyl (C=O) groups is 1. The highest BCUT2D eigenvalue weighted by atomic mass is 16.5. The molecule has 0 fully saturated rings. The van der Waals surface area contributed by atoms with E-state index >= 15 is 0 Å². The highest BCUT2D eigenvalue weighted by molar-refractivity contribution is 5.69. The van der Waals surface area contributed by atoms with Gasteiger partial charge in [0.2, 0.25) is 0 Å². The summed E-state index contributed by atoms with van der Waals surface area (Å²) in [4.78, 5) is 14.9. The second kappa shape index (κ2) is 4.54. The van der Waals surface area contributed by atoms with Gasteiger partial charge in [0.15, 0.2) is 12.4 Å². The van der Waals surface area contributed by atoms with Crippen LogP contribution in [0.25, 0.3) is 0 Å². The first-order valence-electron chi connectivity index (χ1n) is 4.09. The van der Waals surface area contributed by atoms with E-state index in [2.05, 4.69) is 9.72 Å². The van der Waals surface area contributed by atoms with Crippen molar-refractivity contribution >= 4 is 5.97 Å². The fourth-order valence-electron chi connectivity index (χ4n) is 1.01. The Morgan fingerprint density at radius 2 is 2.46 bits per heavy atom. The van der Waals surface area contributed by atoms with E-state index in [0.717, 1.165) is 5.69 Å². The van der Waals surface area contributed by atoms with Crippen molar-refractivity contribution in [1.29, 1.82) is 0 Å². The van der Waals surface area contributed by atoms with Crippen molar-refractivity contribution < 1.29 is 14.1 Å². The third-order valence-electron chi connectivity index (χ3n) is 1.71. The lowest BCUT2D eigenvalue weighted by molar-refractivity contribution is -0.672. The Balaban J connectivity index is 2.50. The minimum absolute atomic E-state index is 0.201. The largest absolute Gasteiger partial charge is 0.469 e. The quantitative estimate of drug-likeness (QED) is 0.487. The summed E-state index contributed by atoms with van der Waals surface area (Å²) in [5, 5.41) is 0. The number of nitrogens with zero attached hydrogens (tertiary/aromatic N) is 2. The lowest BCUT2D eigenvalue weighted by Crippen LogP contribution is -2.27. The van der Waals surface area contributed by atoms with Crippen LogP contribution in [-0.4, -0.2) is 18.1 Å². The van der Waals surface area contributed by atoms with Gasteiger partial charge in [-0.15, -0.1) is 0 Å². The topological polar surface area (TPSA) is 43.1 Å². The second-order valence-corrected chi connectivity index (χ2v) is 2.79. The Kier molecular flexibility index (Phi) is 3.37. The molecular formula is C9H13N2O2+. The average Bonchev–Trinajstić information content (AvgIpc) is 2.14. The molecule has 1 rings (SSSR count). The molecule has 0 N–H and O–H groups in total. The first kappa shape index (κ1) is 9.64. The van der Waals surface area contributed by atoms with E-state index < -0.39 is 0 Å². The van der Waals surface area contributed by atoms with Crippen LogP contribution in [-0.2, 0) is 23.0 Å². The maximum Gasteiger partial charge on any atom is 0.305 e. The van der Waals surface area contributed by atoms with Crippen LogP contribution in [0.1, 0.15) is 12.1 Å². The zero-order valence-corrected chi connectivity index (χ0v) is 7.86. The molecule has 0 aliphatic heterocycles. The average molecular weight is 181 g/mol. The molecule has 0 radical (unpaired) electrons. The van der Waals surface area contributed by atoms with Crippen LogP contribution in [0.15, 0.2) is 18.6 Å². The molecule has 0 unspecified atom stereocenters. The van der Waals surface area contributed by atoms with E-state index in [9.17, 15) is 4.79 Å². The SMILES string of the molecule is COC(=O)CCc1c[n+](C)ccn1. The van der Waals surface area contributed by atoms with Gasteiger partial charge in [-0.05, 0) is 0 Å². The van der Waals surface area contributed by atoms with Crippen LogP contribution >= 0.6 is 0 Å². The normalized spacial score (nSPS) is 9.69. The molecule has 4 nitrogen and oxygen atoms in total. The summed E-state index contributed by atoms with van der Waals surface area (Å²) < 4.78 is 6.43. The number of hydrogen-bond donors (Lipinski definition) is 0. The van der Waals surface area contributed by atoms with Gasteiger partial charge in [0.1, 0.15) is 12.7 Å². The summed E-state index contributed by atoms with van der Waals surface area (Å²) in [6, 6.07) is 0. The number of hydrogen-bond acceptors (Lipinski definition) is 3. The lowest BCUT2D eigenvalue weighted by atomic mass is 10.2. The van der Waals surface area contributed by atoms with Crippen LogP contribution in [0.5, 0.6) is 0 Å². The van der Waals surface area contributed by atoms with E-state index in [1.165, 1.54) is 7.11 Å². The van der Waals surface area contributed by atoms with Gasteiger partial charge in [-0.3, -0.25) is 4.79 Å². The number of aryl methyl sites for hydroxylation is 2. The molecule has 0 bridgehead atoms. The number of aromatic nitrogens is 2. The molecule has 1 aromatic rings. The molecule has 0 spiro atoms. The summed E-state index contributed by atoms with van der Waals surface area (Å²) in [5.74, 6) is -0.201. The molecule has 0 atom stereocenters. The monoisotopic (exact) mass is 181 g/mol. The maximum atomic E-state index is 10.8. The van der Waals surface area contributed by atoms with Gasteiger partial charge < -0.3 is 4.74 Å². The molecule has 0 aliphatic rings. The van der Waals surface area contributed by atoms with Gasteiger partial charge in [0.05, 0.1) is 19.7 Å². The number of ether oxygens (including phenoxy) is 1. The minimum Gasteiger partial charge on any atom is -0.469 e. The molecular weight excluding hydrogens is 168 g/mol. The molecule has 0 saturated carbocycles. The summed E-state index contributed by atoms with van der Waals surface area (Å²) in [6.45, 7) is 0. The lowest BCUT2D eigenvalue weighted by Gasteiger charge is -1.97. The number of carbonyl (C=O) groups excluding carboxylic acids is 1. The summed E-state index contributed by atoms with van der Waals surface area (Å²) in [7, 11) is 3.31. The maximum absolute atomic E-state index is 10.8. The smallest absolute Gasteiger partial charge is 0.305 e. The van der Waals surface area contributed by atoms with Crippen molar-refractivity contribution in [2.75, 3.05) is 7.11 Å². The zero-order chi connectivity index (χ0) is 9.68. The molecule has 4 heteroatoms. The van der Waals surface area contributed by atoms with E-state index in [1.807, 2.05) is 24.0 Å². The Bertz CT molecular complexity index is 299. The zero-order valence-electron chi connectivity index (χ0n) is 7.86. The summed E-state index contributed by atoms with van der Waals surface area (Å²) >= 11 is 0. The highest BCUT2D eigenvalue weighted by Gasteiger charge is 2.04. The van der Waals surface area contributed by atoms with Gasteiger partial charge in [-0.2, -0.15) is 0 Å². The van der Waals surface area contributed by atoms with Gasteiger partial charge >= 0.3 is 5.97 Å². The number of rotatable bonds is 3. The van der Waals surface area contributed by atoms with Gasteiger partial charge in [-0.25, -0.2) is 9.55 Å². The van der Waals surface area contributed by atoms with Crippen LogP contribution in [0, 0.1) is 0 Å². The third kappa shape index (κ3) is 3.19. The molecule has 1 aromatic heterocycles. The standard InChI is InChI=1S/C9H13N2O2/c1-11-6-5-10-8(7-11)3-4-9(12)13-2/h5-7H,3-4H2,1-2H3/q+1. The molecule has 0 aliphatic carbocycles. The van der Waals surface area contributed by atoms with Crippen LogP contribution in [0.4, 0.5) is 0 Å². The van der Waals surface area contributed by atoms with Crippen LogP contribution < -0.4 is 4.57 Å². The molecule has 0 aromatic carbocycles. The van der Waals surface area contributed by atoms with Gasteiger partial charge in [-0.1, -0.05) is 0 Å². The Morgan fingerprint density at radius 1 is 1.69 bits per heavy atom. The molecule has 0 saturated heterocycles. The van der Waals surface area contributed by atoms with E-state index in [1.54, 1.807) is 6.20 Å². The number of methoxy groups -OCH3 is 1. The Morgan fingerprint density at radius 3 is 3.08 bits per heavy atom. The van der Waals surface area contributed by atoms with E-state index in [-0.39, 0.29) is 5.97 Å².